The number of nitrogens with one attached hydrogen (secondary N) is 1. The fourth-order valence-electron chi connectivity index (χ4n) is 2.30. The maximum Gasteiger partial charge on any atom is 0.252 e. The molecule has 1 rings (SSSR count). The molecule has 1 aromatic heterocycles. The largest absolute Gasteiger partial charge is 0.392 e. The molecule has 0 fully saturated rings. The molecule has 1 unspecified atom stereocenters. The number of carbonyl (C=O) groups is 1. The van der Waals surface area contributed by atoms with Gasteiger partial charge in [-0.25, -0.2) is 0 Å². The number of hydrogen-bond acceptors (Lipinski definition) is 3. The molecule has 1 aromatic rings. The van der Waals surface area contributed by atoms with E-state index in [9.17, 15) is 9.90 Å². The molecule has 4 heteroatoms. The van der Waals surface area contributed by atoms with Crippen molar-refractivity contribution in [3.63, 3.8) is 0 Å². The van der Waals surface area contributed by atoms with Crippen LogP contribution in [0.5, 0.6) is 0 Å². The van der Waals surface area contributed by atoms with Gasteiger partial charge in [0.2, 0.25) is 0 Å². The molecule has 4 nitrogen and oxygen atoms in total. The van der Waals surface area contributed by atoms with E-state index < -0.39 is 6.10 Å². The van der Waals surface area contributed by atoms with Crippen molar-refractivity contribution in [3.8, 4) is 0 Å². The quantitative estimate of drug-likeness (QED) is 0.847. The molecule has 118 valence electrons. The molecule has 0 spiro atoms. The van der Waals surface area contributed by atoms with E-state index in [-0.39, 0.29) is 17.2 Å². The molecule has 0 saturated carbocycles. The predicted octanol–water partition coefficient (Wildman–Crippen LogP) is 2.98. The maximum atomic E-state index is 12.1. The van der Waals surface area contributed by atoms with Crippen molar-refractivity contribution in [2.45, 2.75) is 53.6 Å². The highest BCUT2D eigenvalue weighted by Crippen LogP contribution is 2.25. The maximum absolute atomic E-state index is 12.1. The monoisotopic (exact) mass is 292 g/mol. The topological polar surface area (TPSA) is 62.2 Å². The number of aliphatic hydroxyl groups excluding tert-OH is 1. The lowest BCUT2D eigenvalue weighted by atomic mass is 9.80. The van der Waals surface area contributed by atoms with Crippen LogP contribution in [-0.4, -0.2) is 28.6 Å². The van der Waals surface area contributed by atoms with Gasteiger partial charge in [0, 0.05) is 23.9 Å². The molecule has 0 radical (unpaired) electrons. The minimum absolute atomic E-state index is 0.151. The zero-order chi connectivity index (χ0) is 16.2. The van der Waals surface area contributed by atoms with E-state index >= 15 is 0 Å². The minimum Gasteiger partial charge on any atom is -0.392 e. The molecule has 1 amide bonds. The second-order valence-corrected chi connectivity index (χ2v) is 6.99. The van der Waals surface area contributed by atoms with E-state index in [1.165, 1.54) is 0 Å². The zero-order valence-electron chi connectivity index (χ0n) is 14.0. The van der Waals surface area contributed by atoms with Crippen LogP contribution in [0.4, 0.5) is 0 Å². The molecule has 0 saturated heterocycles. The Morgan fingerprint density at radius 1 is 1.29 bits per heavy atom. The van der Waals surface area contributed by atoms with E-state index in [1.807, 2.05) is 33.8 Å². The molecule has 21 heavy (non-hydrogen) atoms. The normalized spacial score (nSPS) is 13.6. The minimum atomic E-state index is -0.459. The van der Waals surface area contributed by atoms with Crippen molar-refractivity contribution < 1.29 is 9.90 Å². The first-order chi connectivity index (χ1) is 9.65. The molecule has 0 bridgehead atoms. The summed E-state index contributed by atoms with van der Waals surface area (Å²) in [7, 11) is 0. The van der Waals surface area contributed by atoms with Gasteiger partial charge < -0.3 is 10.4 Å². The van der Waals surface area contributed by atoms with Gasteiger partial charge in [-0.3, -0.25) is 9.78 Å². The van der Waals surface area contributed by atoms with E-state index in [4.69, 9.17) is 0 Å². The third kappa shape index (κ3) is 4.81. The van der Waals surface area contributed by atoms with Crippen LogP contribution >= 0.6 is 0 Å². The Balaban J connectivity index is 2.65. The second kappa shape index (κ2) is 7.03. The summed E-state index contributed by atoms with van der Waals surface area (Å²) in [5, 5.41) is 13.1. The Morgan fingerprint density at radius 3 is 2.33 bits per heavy atom. The van der Waals surface area contributed by atoms with Crippen LogP contribution < -0.4 is 5.32 Å². The highest BCUT2D eigenvalue weighted by molar-refractivity contribution is 5.93. The standard InChI is InChI=1S/C17H28N2O2/c1-11(2)14-8-7-13(9-18-14)16(21)19-10-17(5,6)15(20)12(3)4/h7-9,11-12,15,20H,10H2,1-6H3,(H,19,21). The van der Waals surface area contributed by atoms with Crippen LogP contribution in [0.3, 0.4) is 0 Å². The molecular weight excluding hydrogens is 264 g/mol. The van der Waals surface area contributed by atoms with Crippen molar-refractivity contribution in [2.75, 3.05) is 6.54 Å². The van der Waals surface area contributed by atoms with Gasteiger partial charge in [-0.15, -0.1) is 0 Å². The molecule has 0 aliphatic rings. The molecular formula is C17H28N2O2. The summed E-state index contributed by atoms with van der Waals surface area (Å²) in [6.45, 7) is 12.4. The number of nitrogens with zero attached hydrogens (tertiary/aromatic N) is 1. The summed E-state index contributed by atoms with van der Waals surface area (Å²) < 4.78 is 0. The number of amides is 1. The average Bonchev–Trinajstić information content (AvgIpc) is 2.43. The van der Waals surface area contributed by atoms with Crippen LogP contribution in [0.1, 0.15) is 63.5 Å². The number of rotatable bonds is 6. The van der Waals surface area contributed by atoms with E-state index in [1.54, 1.807) is 12.3 Å². The van der Waals surface area contributed by atoms with Crippen molar-refractivity contribution in [3.05, 3.63) is 29.6 Å². The van der Waals surface area contributed by atoms with Gasteiger partial charge in [0.1, 0.15) is 0 Å². The Morgan fingerprint density at radius 2 is 1.90 bits per heavy atom. The van der Waals surface area contributed by atoms with Gasteiger partial charge in [0.05, 0.1) is 11.7 Å². The molecule has 1 atom stereocenters. The molecule has 0 aromatic carbocycles. The first-order valence-electron chi connectivity index (χ1n) is 7.57. The number of pyridine rings is 1. The summed E-state index contributed by atoms with van der Waals surface area (Å²) in [4.78, 5) is 16.4. The second-order valence-electron chi connectivity index (χ2n) is 6.99. The Hall–Kier alpha value is -1.42. The highest BCUT2D eigenvalue weighted by Gasteiger charge is 2.30. The Labute approximate surface area is 128 Å². The van der Waals surface area contributed by atoms with Crippen molar-refractivity contribution in [1.29, 1.82) is 0 Å². The van der Waals surface area contributed by atoms with Gasteiger partial charge in [-0.1, -0.05) is 41.5 Å². The summed E-state index contributed by atoms with van der Waals surface area (Å²) in [6, 6.07) is 3.68. The summed E-state index contributed by atoms with van der Waals surface area (Å²) >= 11 is 0. The van der Waals surface area contributed by atoms with Gasteiger partial charge in [-0.05, 0) is 24.0 Å². The first-order valence-corrected chi connectivity index (χ1v) is 7.57. The smallest absolute Gasteiger partial charge is 0.252 e. The highest BCUT2D eigenvalue weighted by atomic mass is 16.3. The SMILES string of the molecule is CC(C)c1ccc(C(=O)NCC(C)(C)C(O)C(C)C)cn1. The average molecular weight is 292 g/mol. The van der Waals surface area contributed by atoms with Crippen molar-refractivity contribution >= 4 is 5.91 Å². The molecule has 1 heterocycles. The summed E-state index contributed by atoms with van der Waals surface area (Å²) in [5.41, 5.74) is 1.16. The van der Waals surface area contributed by atoms with Crippen LogP contribution in [0, 0.1) is 11.3 Å². The van der Waals surface area contributed by atoms with Crippen LogP contribution in [0.25, 0.3) is 0 Å². The molecule has 0 aliphatic heterocycles. The van der Waals surface area contributed by atoms with Gasteiger partial charge >= 0.3 is 0 Å². The lowest BCUT2D eigenvalue weighted by Gasteiger charge is -2.33. The zero-order valence-corrected chi connectivity index (χ0v) is 14.0. The Kier molecular flexibility index (Phi) is 5.90. The van der Waals surface area contributed by atoms with Gasteiger partial charge in [0.25, 0.3) is 5.91 Å². The van der Waals surface area contributed by atoms with E-state index in [0.717, 1.165) is 5.69 Å². The molecule has 0 aliphatic carbocycles. The van der Waals surface area contributed by atoms with Crippen LogP contribution in [0.15, 0.2) is 18.3 Å². The third-order valence-corrected chi connectivity index (χ3v) is 3.78. The van der Waals surface area contributed by atoms with Crippen molar-refractivity contribution in [2.24, 2.45) is 11.3 Å². The van der Waals surface area contributed by atoms with E-state index in [0.29, 0.717) is 18.0 Å². The molecule has 2 N–H and O–H groups in total. The number of carbonyl (C=O) groups excluding carboxylic acids is 1. The fraction of sp³-hybridized carbons (Fsp3) is 0.647. The lowest BCUT2D eigenvalue weighted by molar-refractivity contribution is 0.0138. The van der Waals surface area contributed by atoms with Crippen LogP contribution in [0.2, 0.25) is 0 Å². The fourth-order valence-corrected chi connectivity index (χ4v) is 2.30. The first kappa shape index (κ1) is 17.6. The number of hydrogen-bond donors (Lipinski definition) is 2. The number of aromatic nitrogens is 1. The van der Waals surface area contributed by atoms with Crippen LogP contribution in [-0.2, 0) is 0 Å². The number of aliphatic hydroxyl groups is 1. The third-order valence-electron chi connectivity index (χ3n) is 3.78. The summed E-state index contributed by atoms with van der Waals surface area (Å²) in [6.07, 6.45) is 1.15. The van der Waals surface area contributed by atoms with Gasteiger partial charge in [0.15, 0.2) is 0 Å². The van der Waals surface area contributed by atoms with Crippen molar-refractivity contribution in [1.82, 2.24) is 10.3 Å². The van der Waals surface area contributed by atoms with Gasteiger partial charge in [-0.2, -0.15) is 0 Å². The predicted molar refractivity (Wildman–Crippen MR) is 85.3 cm³/mol. The van der Waals surface area contributed by atoms with E-state index in [2.05, 4.69) is 24.1 Å². The lowest BCUT2D eigenvalue weighted by Crippen LogP contribution is -2.43. The Bertz CT molecular complexity index is 464. The summed E-state index contributed by atoms with van der Waals surface area (Å²) in [5.74, 6) is 0.355.